The van der Waals surface area contributed by atoms with Crippen LogP contribution in [0.4, 0.5) is 11.4 Å². The zero-order valence-electron chi connectivity index (χ0n) is 11.1. The summed E-state index contributed by atoms with van der Waals surface area (Å²) in [6, 6.07) is 4.86. The molecule has 1 heterocycles. The lowest BCUT2D eigenvalue weighted by Crippen LogP contribution is -2.17. The van der Waals surface area contributed by atoms with E-state index in [2.05, 4.69) is 10.4 Å². The Labute approximate surface area is 126 Å². The first-order valence-corrected chi connectivity index (χ1v) is 6.77. The van der Waals surface area contributed by atoms with Crippen molar-refractivity contribution in [3.05, 3.63) is 39.6 Å². The van der Waals surface area contributed by atoms with Crippen LogP contribution in [-0.4, -0.2) is 15.7 Å². The number of rotatable bonds is 3. The Kier molecular flexibility index (Phi) is 4.20. The number of aromatic nitrogens is 2. The molecule has 1 amide bonds. The van der Waals surface area contributed by atoms with Gasteiger partial charge in [-0.2, -0.15) is 5.10 Å². The van der Waals surface area contributed by atoms with Crippen molar-refractivity contribution in [2.45, 2.75) is 13.3 Å². The number of amides is 1. The van der Waals surface area contributed by atoms with Crippen LogP contribution >= 0.6 is 23.2 Å². The number of benzene rings is 1. The van der Waals surface area contributed by atoms with Crippen molar-refractivity contribution in [1.29, 1.82) is 0 Å². The quantitative estimate of drug-likeness (QED) is 0.914. The van der Waals surface area contributed by atoms with Gasteiger partial charge in [0.2, 0.25) is 0 Å². The van der Waals surface area contributed by atoms with E-state index in [1.165, 1.54) is 4.68 Å². The van der Waals surface area contributed by atoms with Crippen LogP contribution in [0.1, 0.15) is 23.1 Å². The topological polar surface area (TPSA) is 72.9 Å². The molecule has 0 radical (unpaired) electrons. The van der Waals surface area contributed by atoms with Crippen LogP contribution in [-0.2, 0) is 13.5 Å². The maximum atomic E-state index is 12.3. The molecule has 2 aromatic rings. The minimum absolute atomic E-state index is 0.327. The number of aryl methyl sites for hydroxylation is 2. The zero-order chi connectivity index (χ0) is 14.9. The van der Waals surface area contributed by atoms with E-state index >= 15 is 0 Å². The number of nitrogen functional groups attached to an aromatic ring is 1. The molecule has 3 N–H and O–H groups in total. The first kappa shape index (κ1) is 14.7. The fraction of sp³-hybridized carbons (Fsp3) is 0.231. The normalized spacial score (nSPS) is 10.6. The number of nitrogens with two attached hydrogens (primary N) is 1. The van der Waals surface area contributed by atoms with Crippen LogP contribution < -0.4 is 11.1 Å². The summed E-state index contributed by atoms with van der Waals surface area (Å²) < 4.78 is 1.47. The van der Waals surface area contributed by atoms with Crippen molar-refractivity contribution in [3.63, 3.8) is 0 Å². The van der Waals surface area contributed by atoms with Crippen LogP contribution in [0, 0.1) is 0 Å². The minimum Gasteiger partial charge on any atom is -0.395 e. The molecule has 20 heavy (non-hydrogen) atoms. The number of halogens is 2. The molecule has 0 aliphatic rings. The van der Waals surface area contributed by atoms with Gasteiger partial charge in [-0.1, -0.05) is 30.1 Å². The van der Waals surface area contributed by atoms with Crippen LogP contribution in [0.15, 0.2) is 18.2 Å². The maximum absolute atomic E-state index is 12.3. The standard InChI is InChI=1S/C13H14Cl2N4O/c1-3-10-11(16)12(19(2)18-10)13(20)17-7-4-5-8(14)9(15)6-7/h4-6H,3,16H2,1-2H3,(H,17,20). The third-order valence-electron chi connectivity index (χ3n) is 2.89. The summed E-state index contributed by atoms with van der Waals surface area (Å²) in [7, 11) is 1.68. The van der Waals surface area contributed by atoms with Gasteiger partial charge in [-0.15, -0.1) is 0 Å². The Morgan fingerprint density at radius 1 is 1.40 bits per heavy atom. The molecule has 0 saturated carbocycles. The first-order chi connectivity index (χ1) is 9.43. The lowest BCUT2D eigenvalue weighted by molar-refractivity contribution is 0.101. The van der Waals surface area contributed by atoms with E-state index in [4.69, 9.17) is 28.9 Å². The molecule has 0 aliphatic heterocycles. The molecule has 106 valence electrons. The fourth-order valence-electron chi connectivity index (χ4n) is 1.89. The Morgan fingerprint density at radius 2 is 2.10 bits per heavy atom. The van der Waals surface area contributed by atoms with Crippen LogP contribution in [0.2, 0.25) is 10.0 Å². The number of nitrogens with zero attached hydrogens (tertiary/aromatic N) is 2. The molecule has 1 aromatic carbocycles. The summed E-state index contributed by atoms with van der Waals surface area (Å²) in [5, 5.41) is 7.73. The lowest BCUT2D eigenvalue weighted by Gasteiger charge is -2.07. The van der Waals surface area contributed by atoms with Crippen molar-refractivity contribution >= 4 is 40.5 Å². The average Bonchev–Trinajstić information content (AvgIpc) is 2.68. The van der Waals surface area contributed by atoms with Gasteiger partial charge in [-0.05, 0) is 24.6 Å². The predicted octanol–water partition coefficient (Wildman–Crippen LogP) is 3.12. The highest BCUT2D eigenvalue weighted by Gasteiger charge is 2.19. The molecular formula is C13H14Cl2N4O. The summed E-state index contributed by atoms with van der Waals surface area (Å²) in [6.07, 6.45) is 0.666. The van der Waals surface area contributed by atoms with E-state index in [0.29, 0.717) is 39.2 Å². The van der Waals surface area contributed by atoms with Crippen molar-refractivity contribution < 1.29 is 4.79 Å². The highest BCUT2D eigenvalue weighted by molar-refractivity contribution is 6.42. The molecule has 0 bridgehead atoms. The van der Waals surface area contributed by atoms with Gasteiger partial charge < -0.3 is 11.1 Å². The fourth-order valence-corrected chi connectivity index (χ4v) is 2.19. The summed E-state index contributed by atoms with van der Waals surface area (Å²) >= 11 is 11.7. The molecule has 0 saturated heterocycles. The van der Waals surface area contributed by atoms with Gasteiger partial charge in [-0.25, -0.2) is 0 Å². The van der Waals surface area contributed by atoms with E-state index in [0.717, 1.165) is 0 Å². The van der Waals surface area contributed by atoms with Crippen LogP contribution in [0.3, 0.4) is 0 Å². The van der Waals surface area contributed by atoms with Crippen LogP contribution in [0.5, 0.6) is 0 Å². The third-order valence-corrected chi connectivity index (χ3v) is 3.63. The van der Waals surface area contributed by atoms with Gasteiger partial charge in [0, 0.05) is 12.7 Å². The van der Waals surface area contributed by atoms with Gasteiger partial charge in [0.05, 0.1) is 21.4 Å². The summed E-state index contributed by atoms with van der Waals surface area (Å²) in [4.78, 5) is 12.3. The Balaban J connectivity index is 2.28. The molecule has 0 unspecified atom stereocenters. The number of nitrogens with one attached hydrogen (secondary N) is 1. The Morgan fingerprint density at radius 3 is 2.65 bits per heavy atom. The zero-order valence-corrected chi connectivity index (χ0v) is 12.6. The number of carbonyl (C=O) groups is 1. The predicted molar refractivity (Wildman–Crippen MR) is 81.4 cm³/mol. The second-order valence-corrected chi connectivity index (χ2v) is 5.08. The molecule has 1 aromatic heterocycles. The lowest BCUT2D eigenvalue weighted by atomic mass is 10.2. The SMILES string of the molecule is CCc1nn(C)c(C(=O)Nc2ccc(Cl)c(Cl)c2)c1N. The van der Waals surface area contributed by atoms with Gasteiger partial charge in [-0.3, -0.25) is 9.48 Å². The highest BCUT2D eigenvalue weighted by atomic mass is 35.5. The number of hydrogen-bond acceptors (Lipinski definition) is 3. The third kappa shape index (κ3) is 2.73. The summed E-state index contributed by atoms with van der Waals surface area (Å²) in [6.45, 7) is 1.93. The molecule has 0 aliphatic carbocycles. The van der Waals surface area contributed by atoms with Gasteiger partial charge >= 0.3 is 0 Å². The molecule has 0 fully saturated rings. The summed E-state index contributed by atoms with van der Waals surface area (Å²) in [5.74, 6) is -0.337. The van der Waals surface area contributed by atoms with Crippen molar-refractivity contribution in [3.8, 4) is 0 Å². The van der Waals surface area contributed by atoms with E-state index in [1.807, 2.05) is 6.92 Å². The second-order valence-electron chi connectivity index (χ2n) is 4.27. The van der Waals surface area contributed by atoms with Crippen molar-refractivity contribution in [2.24, 2.45) is 7.05 Å². The summed E-state index contributed by atoms with van der Waals surface area (Å²) in [5.41, 5.74) is 7.90. The van der Waals surface area contributed by atoms with E-state index < -0.39 is 0 Å². The number of hydrogen-bond donors (Lipinski definition) is 2. The van der Waals surface area contributed by atoms with E-state index in [-0.39, 0.29) is 5.91 Å². The largest absolute Gasteiger partial charge is 0.395 e. The smallest absolute Gasteiger partial charge is 0.276 e. The monoisotopic (exact) mass is 312 g/mol. The van der Waals surface area contributed by atoms with Crippen LogP contribution in [0.25, 0.3) is 0 Å². The Bertz CT molecular complexity index is 667. The molecule has 0 atom stereocenters. The maximum Gasteiger partial charge on any atom is 0.276 e. The van der Waals surface area contributed by atoms with Gasteiger partial charge in [0.1, 0.15) is 5.69 Å². The van der Waals surface area contributed by atoms with Crippen molar-refractivity contribution in [2.75, 3.05) is 11.1 Å². The first-order valence-electron chi connectivity index (χ1n) is 6.01. The number of anilines is 2. The van der Waals surface area contributed by atoms with E-state index in [1.54, 1.807) is 25.2 Å². The highest BCUT2D eigenvalue weighted by Crippen LogP contribution is 2.26. The van der Waals surface area contributed by atoms with Gasteiger partial charge in [0.15, 0.2) is 0 Å². The van der Waals surface area contributed by atoms with Crippen molar-refractivity contribution in [1.82, 2.24) is 9.78 Å². The van der Waals surface area contributed by atoms with E-state index in [9.17, 15) is 4.79 Å². The average molecular weight is 313 g/mol. The molecule has 0 spiro atoms. The second kappa shape index (κ2) is 5.73. The molecule has 5 nitrogen and oxygen atoms in total. The molecule has 2 rings (SSSR count). The minimum atomic E-state index is -0.337. The Hall–Kier alpha value is -1.72. The molecule has 7 heteroatoms. The number of carbonyl (C=O) groups excluding carboxylic acids is 1. The van der Waals surface area contributed by atoms with Gasteiger partial charge in [0.25, 0.3) is 5.91 Å². The molecular weight excluding hydrogens is 299 g/mol.